The third-order valence-electron chi connectivity index (χ3n) is 2.92. The van der Waals surface area contributed by atoms with Gasteiger partial charge >= 0.3 is 0 Å². The van der Waals surface area contributed by atoms with Gasteiger partial charge in [-0.05, 0) is 44.4 Å². The fourth-order valence-electron chi connectivity index (χ4n) is 1.71. The van der Waals surface area contributed by atoms with Crippen LogP contribution in [0.15, 0.2) is 12.1 Å². The lowest BCUT2D eigenvalue weighted by Crippen LogP contribution is -2.21. The first-order valence-electron chi connectivity index (χ1n) is 5.46. The van der Waals surface area contributed by atoms with Crippen LogP contribution >= 0.6 is 23.2 Å². The van der Waals surface area contributed by atoms with E-state index in [0.29, 0.717) is 10.6 Å². The molecule has 0 bridgehead atoms. The third-order valence-corrected chi connectivity index (χ3v) is 3.64. The molecule has 16 heavy (non-hydrogen) atoms. The highest BCUT2D eigenvalue weighted by Gasteiger charge is 2.23. The summed E-state index contributed by atoms with van der Waals surface area (Å²) in [6.45, 7) is 2.90. The van der Waals surface area contributed by atoms with Crippen molar-refractivity contribution in [3.63, 3.8) is 0 Å². The minimum absolute atomic E-state index is 0.0173. The van der Waals surface area contributed by atoms with Gasteiger partial charge in [0.2, 0.25) is 0 Å². The number of halogens is 3. The van der Waals surface area contributed by atoms with Gasteiger partial charge in [0.15, 0.2) is 0 Å². The van der Waals surface area contributed by atoms with Crippen LogP contribution in [0.2, 0.25) is 10.0 Å². The molecule has 1 N–H and O–H groups in total. The fourth-order valence-corrected chi connectivity index (χ4v) is 2.41. The van der Waals surface area contributed by atoms with Gasteiger partial charge in [-0.25, -0.2) is 4.39 Å². The van der Waals surface area contributed by atoms with Gasteiger partial charge < -0.3 is 5.32 Å². The van der Waals surface area contributed by atoms with Crippen LogP contribution in [0.25, 0.3) is 0 Å². The molecular formula is C12H14Cl2FN. The molecule has 0 aliphatic heterocycles. The number of rotatable bonds is 4. The first-order valence-corrected chi connectivity index (χ1v) is 6.22. The van der Waals surface area contributed by atoms with Crippen LogP contribution in [0.5, 0.6) is 0 Å². The standard InChI is InChI=1S/C12H14Cl2FN/c1-7(16-6-8-2-3-8)11-9(13)4-5-10(15)12(11)14/h4-5,7-8,16H,2-3,6H2,1H3. The summed E-state index contributed by atoms with van der Waals surface area (Å²) in [5.41, 5.74) is 0.656. The van der Waals surface area contributed by atoms with Gasteiger partial charge in [-0.15, -0.1) is 0 Å². The molecule has 1 atom stereocenters. The molecule has 0 saturated heterocycles. The van der Waals surface area contributed by atoms with Crippen molar-refractivity contribution in [2.75, 3.05) is 6.54 Å². The maximum absolute atomic E-state index is 13.3. The Kier molecular flexibility index (Phi) is 3.73. The minimum Gasteiger partial charge on any atom is -0.310 e. The smallest absolute Gasteiger partial charge is 0.142 e. The molecule has 1 unspecified atom stereocenters. The third kappa shape index (κ3) is 2.68. The van der Waals surface area contributed by atoms with Crippen LogP contribution in [0.3, 0.4) is 0 Å². The van der Waals surface area contributed by atoms with Crippen molar-refractivity contribution in [3.8, 4) is 0 Å². The first kappa shape index (κ1) is 12.2. The Labute approximate surface area is 105 Å². The molecule has 0 aromatic heterocycles. The van der Waals surface area contributed by atoms with E-state index in [-0.39, 0.29) is 11.1 Å². The van der Waals surface area contributed by atoms with Gasteiger partial charge in [-0.3, -0.25) is 0 Å². The second kappa shape index (κ2) is 4.91. The topological polar surface area (TPSA) is 12.0 Å². The molecule has 1 nitrogen and oxygen atoms in total. The Bertz CT molecular complexity index is 391. The van der Waals surface area contributed by atoms with Crippen LogP contribution in [0, 0.1) is 11.7 Å². The Morgan fingerprint density at radius 3 is 2.75 bits per heavy atom. The van der Waals surface area contributed by atoms with Crippen molar-refractivity contribution in [1.29, 1.82) is 0 Å². The summed E-state index contributed by atoms with van der Waals surface area (Å²) in [6, 6.07) is 2.83. The van der Waals surface area contributed by atoms with E-state index in [0.717, 1.165) is 12.5 Å². The van der Waals surface area contributed by atoms with Crippen molar-refractivity contribution in [2.45, 2.75) is 25.8 Å². The molecule has 0 spiro atoms. The van der Waals surface area contributed by atoms with Crippen molar-refractivity contribution >= 4 is 23.2 Å². The first-order chi connectivity index (χ1) is 7.59. The summed E-state index contributed by atoms with van der Waals surface area (Å²) in [5, 5.41) is 3.98. The lowest BCUT2D eigenvalue weighted by Gasteiger charge is -2.17. The van der Waals surface area contributed by atoms with E-state index in [1.165, 1.54) is 18.9 Å². The van der Waals surface area contributed by atoms with Gasteiger partial charge in [-0.1, -0.05) is 23.2 Å². The van der Waals surface area contributed by atoms with Gasteiger partial charge in [0, 0.05) is 16.6 Å². The number of hydrogen-bond acceptors (Lipinski definition) is 1. The van der Waals surface area contributed by atoms with Crippen molar-refractivity contribution in [3.05, 3.63) is 33.6 Å². The SMILES string of the molecule is CC(NCC1CC1)c1c(Cl)ccc(F)c1Cl. The van der Waals surface area contributed by atoms with Crippen molar-refractivity contribution < 1.29 is 4.39 Å². The molecular weight excluding hydrogens is 248 g/mol. The van der Waals surface area contributed by atoms with E-state index in [1.54, 1.807) is 6.07 Å². The monoisotopic (exact) mass is 261 g/mol. The quantitative estimate of drug-likeness (QED) is 0.802. The van der Waals surface area contributed by atoms with Crippen LogP contribution < -0.4 is 5.32 Å². The van der Waals surface area contributed by atoms with Crippen LogP contribution in [0.4, 0.5) is 4.39 Å². The molecule has 1 aliphatic rings. The van der Waals surface area contributed by atoms with E-state index in [9.17, 15) is 4.39 Å². The molecule has 0 amide bonds. The van der Waals surface area contributed by atoms with E-state index >= 15 is 0 Å². The Hall–Kier alpha value is -0.310. The molecule has 1 fully saturated rings. The predicted molar refractivity (Wildman–Crippen MR) is 65.6 cm³/mol. The second-order valence-electron chi connectivity index (χ2n) is 4.33. The molecule has 1 saturated carbocycles. The number of hydrogen-bond donors (Lipinski definition) is 1. The Balaban J connectivity index is 2.13. The van der Waals surface area contributed by atoms with Gasteiger partial charge in [-0.2, -0.15) is 0 Å². The summed E-state index contributed by atoms with van der Waals surface area (Å²) in [7, 11) is 0. The highest BCUT2D eigenvalue weighted by molar-refractivity contribution is 6.36. The highest BCUT2D eigenvalue weighted by Crippen LogP contribution is 2.33. The van der Waals surface area contributed by atoms with Crippen molar-refractivity contribution in [1.82, 2.24) is 5.32 Å². The summed E-state index contributed by atoms with van der Waals surface area (Å²) < 4.78 is 13.3. The van der Waals surface area contributed by atoms with E-state index < -0.39 is 5.82 Å². The van der Waals surface area contributed by atoms with E-state index in [4.69, 9.17) is 23.2 Å². The molecule has 1 aromatic carbocycles. The number of benzene rings is 1. The predicted octanol–water partition coefficient (Wildman–Crippen LogP) is 4.19. The molecule has 1 aliphatic carbocycles. The Morgan fingerprint density at radius 1 is 1.44 bits per heavy atom. The van der Waals surface area contributed by atoms with Crippen LogP contribution in [0.1, 0.15) is 31.4 Å². The molecule has 4 heteroatoms. The zero-order valence-corrected chi connectivity index (χ0v) is 10.6. The van der Waals surface area contributed by atoms with E-state index in [2.05, 4.69) is 5.32 Å². The molecule has 0 radical (unpaired) electrons. The Morgan fingerprint density at radius 2 is 2.12 bits per heavy atom. The molecule has 0 heterocycles. The summed E-state index contributed by atoms with van der Waals surface area (Å²) in [4.78, 5) is 0. The molecule has 2 rings (SSSR count). The normalized spacial score (nSPS) is 17.5. The van der Waals surface area contributed by atoms with Crippen molar-refractivity contribution in [2.24, 2.45) is 5.92 Å². The zero-order valence-electron chi connectivity index (χ0n) is 9.06. The maximum atomic E-state index is 13.3. The van der Waals surface area contributed by atoms with Crippen LogP contribution in [-0.4, -0.2) is 6.54 Å². The summed E-state index contributed by atoms with van der Waals surface area (Å²) in [5.74, 6) is 0.356. The average molecular weight is 262 g/mol. The fraction of sp³-hybridized carbons (Fsp3) is 0.500. The number of nitrogens with one attached hydrogen (secondary N) is 1. The lowest BCUT2D eigenvalue weighted by atomic mass is 10.1. The largest absolute Gasteiger partial charge is 0.310 e. The minimum atomic E-state index is -0.416. The summed E-state index contributed by atoms with van der Waals surface area (Å²) in [6.07, 6.45) is 2.56. The van der Waals surface area contributed by atoms with Gasteiger partial charge in [0.05, 0.1) is 5.02 Å². The maximum Gasteiger partial charge on any atom is 0.142 e. The lowest BCUT2D eigenvalue weighted by molar-refractivity contribution is 0.543. The van der Waals surface area contributed by atoms with Crippen LogP contribution in [-0.2, 0) is 0 Å². The average Bonchev–Trinajstić information content (AvgIpc) is 3.05. The molecule has 1 aromatic rings. The second-order valence-corrected chi connectivity index (χ2v) is 5.12. The molecule has 88 valence electrons. The van der Waals surface area contributed by atoms with E-state index in [1.807, 2.05) is 6.92 Å². The highest BCUT2D eigenvalue weighted by atomic mass is 35.5. The van der Waals surface area contributed by atoms with Gasteiger partial charge in [0.25, 0.3) is 0 Å². The van der Waals surface area contributed by atoms with Gasteiger partial charge in [0.1, 0.15) is 5.82 Å². The zero-order chi connectivity index (χ0) is 11.7. The summed E-state index contributed by atoms with van der Waals surface area (Å²) >= 11 is 12.0.